The highest BCUT2D eigenvalue weighted by Gasteiger charge is 2.45. The number of esters is 1. The monoisotopic (exact) mass is 515 g/mol. The number of hydrogen-bond donors (Lipinski definition) is 1. The first-order valence-corrected chi connectivity index (χ1v) is 11.4. The number of rotatable bonds is 8. The predicted octanol–water partition coefficient (Wildman–Crippen LogP) is 4.47. The summed E-state index contributed by atoms with van der Waals surface area (Å²) in [6, 6.07) is 12.5. The van der Waals surface area contributed by atoms with Crippen molar-refractivity contribution in [1.29, 1.82) is 0 Å². The molecule has 7 nitrogen and oxygen atoms in total. The molecule has 1 aliphatic heterocycles. The normalized spacial score (nSPS) is 17.6. The van der Waals surface area contributed by atoms with Crippen LogP contribution in [0.5, 0.6) is 0 Å². The molecule has 33 heavy (non-hydrogen) atoms. The minimum Gasteiger partial charge on any atom is -0.507 e. The van der Waals surface area contributed by atoms with Gasteiger partial charge >= 0.3 is 5.97 Å². The molecule has 0 radical (unpaired) electrons. The number of carbonyl (C=O) groups is 3. The van der Waals surface area contributed by atoms with E-state index in [9.17, 15) is 19.5 Å². The Balaban J connectivity index is 2.03. The number of Topliss-reactive ketones (excluding diaryl/α,β-unsaturated/α-hetero) is 1. The predicted molar refractivity (Wildman–Crippen MR) is 127 cm³/mol. The number of ketones is 1. The van der Waals surface area contributed by atoms with E-state index in [1.807, 2.05) is 13.8 Å². The molecule has 1 N–H and O–H groups in total. The summed E-state index contributed by atoms with van der Waals surface area (Å²) in [6.45, 7) is 4.56. The molecule has 0 aliphatic carbocycles. The highest BCUT2D eigenvalue weighted by molar-refractivity contribution is 9.10. The van der Waals surface area contributed by atoms with E-state index >= 15 is 0 Å². The molecule has 8 heteroatoms. The molecule has 0 unspecified atom stereocenters. The fraction of sp³-hybridized carbons (Fsp3) is 0.320. The van der Waals surface area contributed by atoms with Crippen molar-refractivity contribution < 1.29 is 29.0 Å². The van der Waals surface area contributed by atoms with Crippen LogP contribution in [0.25, 0.3) is 5.76 Å². The van der Waals surface area contributed by atoms with Gasteiger partial charge in [-0.05, 0) is 50.1 Å². The van der Waals surface area contributed by atoms with Gasteiger partial charge in [0.1, 0.15) is 5.76 Å². The standard InChI is InChI=1S/C25H26BrNO6/c1-15(2)33-14-4-13-27-21(16-5-7-18(8-6-16)25(31)32-3)20(23(29)24(27)30)22(28)17-9-11-19(26)12-10-17/h5-12,15,21,28H,4,13-14H2,1-3H3/t21-/m0/s1. The van der Waals surface area contributed by atoms with E-state index in [0.717, 1.165) is 4.47 Å². The second-order valence-corrected chi connectivity index (χ2v) is 8.80. The number of aliphatic hydroxyl groups excluding tert-OH is 1. The third-order valence-electron chi connectivity index (χ3n) is 5.30. The Morgan fingerprint density at radius 1 is 1.06 bits per heavy atom. The largest absolute Gasteiger partial charge is 0.507 e. The molecule has 0 bridgehead atoms. The molecule has 2 aromatic carbocycles. The molecule has 0 aromatic heterocycles. The van der Waals surface area contributed by atoms with Crippen molar-refractivity contribution in [3.05, 3.63) is 75.3 Å². The van der Waals surface area contributed by atoms with E-state index in [4.69, 9.17) is 9.47 Å². The van der Waals surface area contributed by atoms with Gasteiger partial charge in [-0.15, -0.1) is 0 Å². The molecule has 1 fully saturated rings. The summed E-state index contributed by atoms with van der Waals surface area (Å²) in [7, 11) is 1.29. The summed E-state index contributed by atoms with van der Waals surface area (Å²) < 4.78 is 11.1. The lowest BCUT2D eigenvalue weighted by Crippen LogP contribution is -2.31. The smallest absolute Gasteiger partial charge is 0.337 e. The minimum atomic E-state index is -0.792. The van der Waals surface area contributed by atoms with Gasteiger partial charge in [-0.3, -0.25) is 9.59 Å². The molecule has 1 heterocycles. The van der Waals surface area contributed by atoms with E-state index in [1.165, 1.54) is 12.0 Å². The Bertz CT molecular complexity index is 1060. The van der Waals surface area contributed by atoms with E-state index in [1.54, 1.807) is 48.5 Å². The van der Waals surface area contributed by atoms with Crippen LogP contribution in [0.15, 0.2) is 58.6 Å². The fourth-order valence-corrected chi connectivity index (χ4v) is 3.96. The van der Waals surface area contributed by atoms with E-state index in [-0.39, 0.29) is 24.0 Å². The van der Waals surface area contributed by atoms with Gasteiger partial charge in [0.25, 0.3) is 11.7 Å². The highest BCUT2D eigenvalue weighted by atomic mass is 79.9. The number of amides is 1. The van der Waals surface area contributed by atoms with Gasteiger partial charge < -0.3 is 19.5 Å². The molecule has 0 saturated carbocycles. The average Bonchev–Trinajstić information content (AvgIpc) is 3.06. The molecule has 1 atom stereocenters. The van der Waals surface area contributed by atoms with Crippen LogP contribution < -0.4 is 0 Å². The molecule has 1 aliphatic rings. The van der Waals surface area contributed by atoms with Crippen LogP contribution >= 0.6 is 15.9 Å². The highest BCUT2D eigenvalue weighted by Crippen LogP contribution is 2.39. The van der Waals surface area contributed by atoms with Crippen LogP contribution in [-0.2, 0) is 19.1 Å². The quantitative estimate of drug-likeness (QED) is 0.183. The van der Waals surface area contributed by atoms with E-state index in [2.05, 4.69) is 15.9 Å². The van der Waals surface area contributed by atoms with Crippen LogP contribution in [0.1, 0.15) is 47.8 Å². The average molecular weight is 516 g/mol. The van der Waals surface area contributed by atoms with Crippen LogP contribution in [0.2, 0.25) is 0 Å². The molecule has 174 valence electrons. The number of aliphatic hydroxyl groups is 1. The van der Waals surface area contributed by atoms with E-state index in [0.29, 0.717) is 29.7 Å². The van der Waals surface area contributed by atoms with Crippen LogP contribution in [-0.4, -0.2) is 54.0 Å². The van der Waals surface area contributed by atoms with Crippen LogP contribution in [0, 0.1) is 0 Å². The topological polar surface area (TPSA) is 93.1 Å². The first-order valence-electron chi connectivity index (χ1n) is 10.6. The van der Waals surface area contributed by atoms with Gasteiger partial charge in [0.15, 0.2) is 0 Å². The van der Waals surface area contributed by atoms with Crippen LogP contribution in [0.4, 0.5) is 0 Å². The number of likely N-dealkylation sites (tertiary alicyclic amines) is 1. The zero-order valence-corrected chi connectivity index (χ0v) is 20.3. The molecular weight excluding hydrogens is 490 g/mol. The van der Waals surface area contributed by atoms with Crippen LogP contribution in [0.3, 0.4) is 0 Å². The van der Waals surface area contributed by atoms with Gasteiger partial charge in [-0.25, -0.2) is 4.79 Å². The Morgan fingerprint density at radius 3 is 2.24 bits per heavy atom. The summed E-state index contributed by atoms with van der Waals surface area (Å²) in [5.74, 6) is -2.16. The van der Waals surface area contributed by atoms with Crippen molar-refractivity contribution in [2.75, 3.05) is 20.3 Å². The lowest BCUT2D eigenvalue weighted by molar-refractivity contribution is -0.140. The van der Waals surface area contributed by atoms with Gasteiger partial charge in [0, 0.05) is 23.2 Å². The maximum absolute atomic E-state index is 13.0. The lowest BCUT2D eigenvalue weighted by Gasteiger charge is -2.25. The Morgan fingerprint density at radius 2 is 1.67 bits per heavy atom. The number of ether oxygens (including phenoxy) is 2. The maximum Gasteiger partial charge on any atom is 0.337 e. The molecule has 2 aromatic rings. The van der Waals surface area contributed by atoms with Gasteiger partial charge in [0.2, 0.25) is 0 Å². The third kappa shape index (κ3) is 5.51. The number of methoxy groups -OCH3 is 1. The van der Waals surface area contributed by atoms with Gasteiger partial charge in [-0.1, -0.05) is 40.2 Å². The summed E-state index contributed by atoms with van der Waals surface area (Å²) in [5, 5.41) is 11.0. The molecule has 3 rings (SSSR count). The first kappa shape index (κ1) is 24.7. The second-order valence-electron chi connectivity index (χ2n) is 7.89. The van der Waals surface area contributed by atoms with Crippen molar-refractivity contribution in [2.45, 2.75) is 32.4 Å². The lowest BCUT2D eigenvalue weighted by atomic mass is 9.94. The number of halogens is 1. The Hall–Kier alpha value is -2.97. The van der Waals surface area contributed by atoms with Gasteiger partial charge in [-0.2, -0.15) is 0 Å². The van der Waals surface area contributed by atoms with E-state index < -0.39 is 23.7 Å². The molecule has 1 amide bonds. The zero-order chi connectivity index (χ0) is 24.1. The van der Waals surface area contributed by atoms with Crippen molar-refractivity contribution >= 4 is 39.3 Å². The number of benzene rings is 2. The number of carbonyl (C=O) groups excluding carboxylic acids is 3. The fourth-order valence-electron chi connectivity index (χ4n) is 3.69. The minimum absolute atomic E-state index is 0.0120. The Kier molecular flexibility index (Phi) is 8.05. The van der Waals surface area contributed by atoms with Crippen molar-refractivity contribution in [3.8, 4) is 0 Å². The summed E-state index contributed by atoms with van der Waals surface area (Å²) in [4.78, 5) is 39.2. The maximum atomic E-state index is 13.0. The number of nitrogens with zero attached hydrogens (tertiary/aromatic N) is 1. The van der Waals surface area contributed by atoms with Crippen molar-refractivity contribution in [1.82, 2.24) is 4.90 Å². The van der Waals surface area contributed by atoms with Gasteiger partial charge in [0.05, 0.1) is 30.4 Å². The number of hydrogen-bond acceptors (Lipinski definition) is 6. The molecular formula is C25H26BrNO6. The first-order chi connectivity index (χ1) is 15.7. The SMILES string of the molecule is COC(=O)c1ccc([C@H]2C(=C(O)c3ccc(Br)cc3)C(=O)C(=O)N2CCCOC(C)C)cc1. The molecule has 1 saturated heterocycles. The summed E-state index contributed by atoms with van der Waals surface area (Å²) in [6.07, 6.45) is 0.583. The molecule has 0 spiro atoms. The zero-order valence-electron chi connectivity index (χ0n) is 18.7. The summed E-state index contributed by atoms with van der Waals surface area (Å²) in [5.41, 5.74) is 1.38. The Labute approximate surface area is 201 Å². The third-order valence-corrected chi connectivity index (χ3v) is 5.83. The second kappa shape index (κ2) is 10.8. The van der Waals surface area contributed by atoms with Crippen molar-refractivity contribution in [2.24, 2.45) is 0 Å². The summed E-state index contributed by atoms with van der Waals surface area (Å²) >= 11 is 3.35. The van der Waals surface area contributed by atoms with Crippen molar-refractivity contribution in [3.63, 3.8) is 0 Å².